The lowest BCUT2D eigenvalue weighted by Gasteiger charge is -2.18. The molecule has 62 heavy (non-hydrogen) atoms. The van der Waals surface area contributed by atoms with E-state index in [-0.39, 0.29) is 31.1 Å². The molecular weight excluding hydrogens is 769 g/mol. The second-order valence-corrected chi connectivity index (χ2v) is 18.1. The number of carbonyl (C=O) groups excluding carboxylic acids is 3. The first-order valence-electron chi connectivity index (χ1n) is 27.0. The van der Waals surface area contributed by atoms with E-state index in [0.29, 0.717) is 19.3 Å². The quantitative estimate of drug-likeness (QED) is 0.0262. The van der Waals surface area contributed by atoms with Crippen molar-refractivity contribution >= 4 is 17.9 Å². The van der Waals surface area contributed by atoms with Crippen molar-refractivity contribution in [2.24, 2.45) is 0 Å². The average molecular weight is 871 g/mol. The Bertz CT molecular complexity index is 1050. The second kappa shape index (κ2) is 51.3. The zero-order chi connectivity index (χ0) is 45.1. The number of allylic oxidation sites excluding steroid dienone is 6. The van der Waals surface area contributed by atoms with Crippen LogP contribution in [-0.2, 0) is 28.6 Å². The summed E-state index contributed by atoms with van der Waals surface area (Å²) in [4.78, 5) is 38.0. The molecule has 0 rings (SSSR count). The van der Waals surface area contributed by atoms with E-state index < -0.39 is 6.10 Å². The van der Waals surface area contributed by atoms with Gasteiger partial charge in [-0.15, -0.1) is 0 Å². The fourth-order valence-electron chi connectivity index (χ4n) is 7.75. The highest BCUT2D eigenvalue weighted by atomic mass is 16.6. The number of hydrogen-bond acceptors (Lipinski definition) is 6. The van der Waals surface area contributed by atoms with Gasteiger partial charge in [-0.1, -0.05) is 231 Å². The van der Waals surface area contributed by atoms with Gasteiger partial charge in [0.1, 0.15) is 13.2 Å². The molecule has 0 heterocycles. The zero-order valence-corrected chi connectivity index (χ0v) is 41.4. The number of unbranched alkanes of at least 4 members (excludes halogenated alkanes) is 32. The molecule has 0 aliphatic heterocycles. The van der Waals surface area contributed by atoms with Crippen LogP contribution in [0, 0.1) is 0 Å². The van der Waals surface area contributed by atoms with Gasteiger partial charge in [0, 0.05) is 19.3 Å². The fraction of sp³-hybridized carbons (Fsp3) is 0.839. The minimum atomic E-state index is -0.772. The van der Waals surface area contributed by atoms with Crippen molar-refractivity contribution in [2.75, 3.05) is 13.2 Å². The Morgan fingerprint density at radius 3 is 0.984 bits per heavy atom. The number of rotatable bonds is 49. The topological polar surface area (TPSA) is 78.9 Å². The lowest BCUT2D eigenvalue weighted by molar-refractivity contribution is -0.167. The molecule has 0 aromatic rings. The minimum Gasteiger partial charge on any atom is -0.462 e. The SMILES string of the molecule is CCCC/C=C\CCCCCCCC(=O)OC[C@H](COC(=O)CCCCCCCCCCC/C=C\C/C=C\CCCCC)OC(=O)CCCCCCCCCCCCCCCC. The van der Waals surface area contributed by atoms with Crippen molar-refractivity contribution in [1.82, 2.24) is 0 Å². The van der Waals surface area contributed by atoms with Crippen molar-refractivity contribution in [1.29, 1.82) is 0 Å². The Kier molecular flexibility index (Phi) is 49.3. The minimum absolute atomic E-state index is 0.0740. The van der Waals surface area contributed by atoms with Crippen molar-refractivity contribution in [3.63, 3.8) is 0 Å². The molecule has 0 aliphatic rings. The van der Waals surface area contributed by atoms with Gasteiger partial charge in [0.15, 0.2) is 6.10 Å². The van der Waals surface area contributed by atoms with E-state index >= 15 is 0 Å². The monoisotopic (exact) mass is 871 g/mol. The van der Waals surface area contributed by atoms with Crippen LogP contribution in [0.4, 0.5) is 0 Å². The molecule has 0 fully saturated rings. The second-order valence-electron chi connectivity index (χ2n) is 18.1. The van der Waals surface area contributed by atoms with E-state index in [1.807, 2.05) is 0 Å². The van der Waals surface area contributed by atoms with Gasteiger partial charge in [-0.3, -0.25) is 14.4 Å². The zero-order valence-electron chi connectivity index (χ0n) is 41.4. The first kappa shape index (κ1) is 59.6. The summed E-state index contributed by atoms with van der Waals surface area (Å²) in [7, 11) is 0. The molecule has 0 N–H and O–H groups in total. The molecule has 0 unspecified atom stereocenters. The molecule has 0 saturated carbocycles. The third-order valence-corrected chi connectivity index (χ3v) is 11.9. The highest BCUT2D eigenvalue weighted by Crippen LogP contribution is 2.16. The summed E-state index contributed by atoms with van der Waals surface area (Å²) in [5, 5.41) is 0. The molecule has 0 aliphatic carbocycles. The summed E-state index contributed by atoms with van der Waals surface area (Å²) in [6.07, 6.45) is 59.8. The number of esters is 3. The van der Waals surface area contributed by atoms with Gasteiger partial charge in [0.2, 0.25) is 0 Å². The molecule has 362 valence electrons. The van der Waals surface area contributed by atoms with Crippen molar-refractivity contribution in [3.8, 4) is 0 Å². The maximum atomic E-state index is 12.8. The molecule has 0 saturated heterocycles. The predicted octanol–water partition coefficient (Wildman–Crippen LogP) is 17.7. The number of hydrogen-bond donors (Lipinski definition) is 0. The standard InChI is InChI=1S/C56H102O6/c1-4-7-10-13-16-19-22-24-26-27-28-29-30-32-34-37-40-43-46-49-55(58)61-52-53(51-60-54(57)48-45-42-39-36-33-21-18-15-12-9-6-3)62-56(59)50-47-44-41-38-35-31-25-23-20-17-14-11-8-5-2/h15-16,18-19,24,26,53H,4-14,17,20-23,25,27-52H2,1-3H3/b18-15-,19-16-,26-24-/t53-/m1/s1. The van der Waals surface area contributed by atoms with Crippen LogP contribution >= 0.6 is 0 Å². The van der Waals surface area contributed by atoms with Gasteiger partial charge in [0.25, 0.3) is 0 Å². The Hall–Kier alpha value is -2.37. The summed E-state index contributed by atoms with van der Waals surface area (Å²) >= 11 is 0. The van der Waals surface area contributed by atoms with Crippen LogP contribution < -0.4 is 0 Å². The molecule has 0 radical (unpaired) electrons. The molecule has 0 bridgehead atoms. The molecule has 6 heteroatoms. The van der Waals surface area contributed by atoms with Crippen LogP contribution in [0.15, 0.2) is 36.5 Å². The lowest BCUT2D eigenvalue weighted by Crippen LogP contribution is -2.30. The lowest BCUT2D eigenvalue weighted by atomic mass is 10.0. The maximum absolute atomic E-state index is 12.8. The summed E-state index contributed by atoms with van der Waals surface area (Å²) in [5.41, 5.74) is 0. The average Bonchev–Trinajstić information content (AvgIpc) is 3.27. The fourth-order valence-corrected chi connectivity index (χ4v) is 7.75. The molecule has 0 aromatic heterocycles. The van der Waals surface area contributed by atoms with Crippen LogP contribution in [0.1, 0.15) is 284 Å². The third kappa shape index (κ3) is 48.7. The van der Waals surface area contributed by atoms with Gasteiger partial charge < -0.3 is 14.2 Å². The van der Waals surface area contributed by atoms with Crippen molar-refractivity contribution in [3.05, 3.63) is 36.5 Å². The van der Waals surface area contributed by atoms with E-state index in [4.69, 9.17) is 14.2 Å². The van der Waals surface area contributed by atoms with Gasteiger partial charge in [0.05, 0.1) is 0 Å². The molecule has 6 nitrogen and oxygen atoms in total. The molecular formula is C56H102O6. The smallest absolute Gasteiger partial charge is 0.306 e. The van der Waals surface area contributed by atoms with Crippen LogP contribution in [0.3, 0.4) is 0 Å². The number of ether oxygens (including phenoxy) is 3. The van der Waals surface area contributed by atoms with E-state index in [9.17, 15) is 14.4 Å². The molecule has 0 aromatic carbocycles. The van der Waals surface area contributed by atoms with Crippen LogP contribution in [-0.4, -0.2) is 37.2 Å². The predicted molar refractivity (Wildman–Crippen MR) is 266 cm³/mol. The summed E-state index contributed by atoms with van der Waals surface area (Å²) in [6, 6.07) is 0. The summed E-state index contributed by atoms with van der Waals surface area (Å²) < 4.78 is 16.8. The summed E-state index contributed by atoms with van der Waals surface area (Å²) in [5.74, 6) is -0.875. The third-order valence-electron chi connectivity index (χ3n) is 11.9. The Morgan fingerprint density at radius 1 is 0.323 bits per heavy atom. The molecule has 1 atom stereocenters. The van der Waals surface area contributed by atoms with E-state index in [1.165, 1.54) is 173 Å². The van der Waals surface area contributed by atoms with E-state index in [1.54, 1.807) is 0 Å². The van der Waals surface area contributed by atoms with E-state index in [2.05, 4.69) is 57.2 Å². The highest BCUT2D eigenvalue weighted by Gasteiger charge is 2.19. The van der Waals surface area contributed by atoms with Gasteiger partial charge in [-0.25, -0.2) is 0 Å². The van der Waals surface area contributed by atoms with Crippen LogP contribution in [0.5, 0.6) is 0 Å². The van der Waals surface area contributed by atoms with E-state index in [0.717, 1.165) is 70.6 Å². The van der Waals surface area contributed by atoms with Gasteiger partial charge >= 0.3 is 17.9 Å². The first-order valence-corrected chi connectivity index (χ1v) is 27.0. The largest absolute Gasteiger partial charge is 0.462 e. The van der Waals surface area contributed by atoms with Crippen molar-refractivity contribution < 1.29 is 28.6 Å². The Labute approximate surface area is 385 Å². The molecule has 0 amide bonds. The van der Waals surface area contributed by atoms with Crippen LogP contribution in [0.2, 0.25) is 0 Å². The summed E-state index contributed by atoms with van der Waals surface area (Å²) in [6.45, 7) is 6.59. The first-order chi connectivity index (χ1) is 30.5. The number of carbonyl (C=O) groups is 3. The maximum Gasteiger partial charge on any atom is 0.306 e. The van der Waals surface area contributed by atoms with Crippen molar-refractivity contribution in [2.45, 2.75) is 290 Å². The van der Waals surface area contributed by atoms with Crippen LogP contribution in [0.25, 0.3) is 0 Å². The Morgan fingerprint density at radius 2 is 0.597 bits per heavy atom. The molecule has 0 spiro atoms. The van der Waals surface area contributed by atoms with Gasteiger partial charge in [-0.05, 0) is 70.6 Å². The van der Waals surface area contributed by atoms with Gasteiger partial charge in [-0.2, -0.15) is 0 Å². The highest BCUT2D eigenvalue weighted by molar-refractivity contribution is 5.71. The normalized spacial score (nSPS) is 12.2. The Balaban J connectivity index is 4.31.